The Labute approximate surface area is 246 Å². The first-order valence-corrected chi connectivity index (χ1v) is 14.8. The molecule has 1 aromatic heterocycles. The van der Waals surface area contributed by atoms with Gasteiger partial charge in [-0.1, -0.05) is 109 Å². The number of allylic oxidation sites excluding steroid dienone is 16. The van der Waals surface area contributed by atoms with E-state index in [1.54, 1.807) is 0 Å². The molecule has 0 bridgehead atoms. The van der Waals surface area contributed by atoms with Crippen LogP contribution in [0.1, 0.15) is 47.3 Å². The van der Waals surface area contributed by atoms with Crippen LogP contribution >= 0.6 is 0 Å². The second-order valence-electron chi connectivity index (χ2n) is 11.5. The maximum atomic E-state index is 9.90. The zero-order valence-corrected chi connectivity index (χ0v) is 23.3. The lowest BCUT2D eigenvalue weighted by molar-refractivity contribution is 0.587. The molecule has 2 atom stereocenters. The molecule has 0 saturated heterocycles. The number of hydrogen-bond donors (Lipinski definition) is 0. The highest BCUT2D eigenvalue weighted by molar-refractivity contribution is 5.89. The Balaban J connectivity index is 1.20. The third-order valence-electron chi connectivity index (χ3n) is 9.14. The van der Waals surface area contributed by atoms with Crippen molar-refractivity contribution >= 4 is 16.7 Å². The van der Waals surface area contributed by atoms with Crippen LogP contribution in [0.5, 0.6) is 0 Å². The lowest BCUT2D eigenvalue weighted by atomic mass is 9.70. The topological polar surface area (TPSA) is 49.6 Å². The summed E-state index contributed by atoms with van der Waals surface area (Å²) in [5, 5.41) is 9.90. The molecule has 0 fully saturated rings. The third kappa shape index (κ3) is 4.11. The van der Waals surface area contributed by atoms with Crippen molar-refractivity contribution in [1.82, 2.24) is 9.97 Å². The summed E-state index contributed by atoms with van der Waals surface area (Å²) in [6.07, 6.45) is 26.4. The number of nitriles is 1. The van der Waals surface area contributed by atoms with Crippen molar-refractivity contribution in [3.05, 3.63) is 160 Å². The monoisotopic (exact) mass is 539 g/mol. The minimum Gasteiger partial charge on any atom is -0.228 e. The SMILES string of the molecule is N#Cc1cccc2c1C1=C(C2)C2C=CC=CC2C(C2=CC=C(c3cc(C4=CCC=C4)nc(-c4ccccc4)n3)CC2)=C1. The van der Waals surface area contributed by atoms with Gasteiger partial charge in [0.15, 0.2) is 5.82 Å². The first-order chi connectivity index (χ1) is 20.8. The van der Waals surface area contributed by atoms with Gasteiger partial charge in [0.25, 0.3) is 0 Å². The summed E-state index contributed by atoms with van der Waals surface area (Å²) in [7, 11) is 0. The Kier molecular flexibility index (Phi) is 5.93. The Morgan fingerprint density at radius 1 is 0.833 bits per heavy atom. The van der Waals surface area contributed by atoms with E-state index in [-0.39, 0.29) is 0 Å². The highest BCUT2D eigenvalue weighted by Gasteiger charge is 2.37. The zero-order valence-electron chi connectivity index (χ0n) is 23.3. The van der Waals surface area contributed by atoms with Crippen LogP contribution in [0, 0.1) is 23.2 Å². The molecule has 5 aliphatic rings. The van der Waals surface area contributed by atoms with Crippen LogP contribution in [0.2, 0.25) is 0 Å². The van der Waals surface area contributed by atoms with Gasteiger partial charge in [0.05, 0.1) is 23.0 Å². The molecule has 0 radical (unpaired) electrons. The first-order valence-electron chi connectivity index (χ1n) is 14.8. The van der Waals surface area contributed by atoms with Crippen molar-refractivity contribution in [2.75, 3.05) is 0 Å². The first kappa shape index (κ1) is 24.7. The largest absolute Gasteiger partial charge is 0.228 e. The molecule has 8 rings (SSSR count). The molecule has 3 heteroatoms. The molecular weight excluding hydrogens is 510 g/mol. The van der Waals surface area contributed by atoms with Crippen LogP contribution in [-0.2, 0) is 6.42 Å². The van der Waals surface area contributed by atoms with Crippen molar-refractivity contribution in [2.45, 2.75) is 25.7 Å². The van der Waals surface area contributed by atoms with Crippen molar-refractivity contribution in [3.63, 3.8) is 0 Å². The van der Waals surface area contributed by atoms with Crippen molar-refractivity contribution < 1.29 is 0 Å². The summed E-state index contributed by atoms with van der Waals surface area (Å²) < 4.78 is 0. The fourth-order valence-corrected chi connectivity index (χ4v) is 7.09. The van der Waals surface area contributed by atoms with Gasteiger partial charge in [-0.2, -0.15) is 5.26 Å². The second kappa shape index (κ2) is 10.1. The predicted octanol–water partition coefficient (Wildman–Crippen LogP) is 8.77. The molecule has 3 aromatic rings. The molecule has 42 heavy (non-hydrogen) atoms. The van der Waals surface area contributed by atoms with Gasteiger partial charge in [-0.3, -0.25) is 0 Å². The lowest BCUT2D eigenvalue weighted by Crippen LogP contribution is -2.22. The van der Waals surface area contributed by atoms with Gasteiger partial charge < -0.3 is 0 Å². The molecule has 2 unspecified atom stereocenters. The summed E-state index contributed by atoms with van der Waals surface area (Å²) in [6.45, 7) is 0. The number of fused-ring (bicyclic) bond motifs is 4. The number of hydrogen-bond acceptors (Lipinski definition) is 3. The van der Waals surface area contributed by atoms with Gasteiger partial charge in [0.2, 0.25) is 0 Å². The Morgan fingerprint density at radius 2 is 1.64 bits per heavy atom. The molecule has 0 spiro atoms. The van der Waals surface area contributed by atoms with E-state index in [0.29, 0.717) is 11.8 Å². The second-order valence-corrected chi connectivity index (χ2v) is 11.5. The van der Waals surface area contributed by atoms with Crippen LogP contribution < -0.4 is 0 Å². The van der Waals surface area contributed by atoms with Gasteiger partial charge in [-0.05, 0) is 71.2 Å². The highest BCUT2D eigenvalue weighted by Crippen LogP contribution is 2.50. The maximum absolute atomic E-state index is 9.90. The number of rotatable bonds is 4. The van der Waals surface area contributed by atoms with E-state index in [9.17, 15) is 5.26 Å². The molecular formula is C39H29N3. The van der Waals surface area contributed by atoms with E-state index in [0.717, 1.165) is 65.2 Å². The molecule has 200 valence electrons. The molecule has 0 amide bonds. The lowest BCUT2D eigenvalue weighted by Gasteiger charge is -2.34. The van der Waals surface area contributed by atoms with E-state index < -0.39 is 0 Å². The van der Waals surface area contributed by atoms with E-state index in [2.05, 4.69) is 91.1 Å². The van der Waals surface area contributed by atoms with Crippen molar-refractivity contribution in [2.24, 2.45) is 11.8 Å². The Bertz CT molecular complexity index is 1930. The van der Waals surface area contributed by atoms with Crippen molar-refractivity contribution in [3.8, 4) is 17.5 Å². The summed E-state index contributed by atoms with van der Waals surface area (Å²) >= 11 is 0. The number of aromatic nitrogens is 2. The van der Waals surface area contributed by atoms with E-state index in [1.165, 1.54) is 33.4 Å². The fourth-order valence-electron chi connectivity index (χ4n) is 7.09. The maximum Gasteiger partial charge on any atom is 0.160 e. The Morgan fingerprint density at radius 3 is 2.43 bits per heavy atom. The van der Waals surface area contributed by atoms with Crippen LogP contribution in [0.25, 0.3) is 28.1 Å². The van der Waals surface area contributed by atoms with Crippen LogP contribution in [0.15, 0.2) is 132 Å². The summed E-state index contributed by atoms with van der Waals surface area (Å²) in [5.74, 6) is 1.43. The summed E-state index contributed by atoms with van der Waals surface area (Å²) in [4.78, 5) is 10.0. The van der Waals surface area contributed by atoms with E-state index in [4.69, 9.17) is 9.97 Å². The normalized spacial score (nSPS) is 21.6. The Hall–Kier alpha value is -5.07. The highest BCUT2D eigenvalue weighted by atomic mass is 14.9. The summed E-state index contributed by atoms with van der Waals surface area (Å²) in [6, 6.07) is 21.0. The molecule has 2 aromatic carbocycles. The third-order valence-corrected chi connectivity index (χ3v) is 9.14. The average molecular weight is 540 g/mol. The number of benzene rings is 2. The van der Waals surface area contributed by atoms with Gasteiger partial charge in [-0.25, -0.2) is 9.97 Å². The van der Waals surface area contributed by atoms with Crippen LogP contribution in [-0.4, -0.2) is 9.97 Å². The van der Waals surface area contributed by atoms with Crippen molar-refractivity contribution in [1.29, 1.82) is 5.26 Å². The smallest absolute Gasteiger partial charge is 0.160 e. The molecule has 3 nitrogen and oxygen atoms in total. The molecule has 5 aliphatic carbocycles. The predicted molar refractivity (Wildman–Crippen MR) is 170 cm³/mol. The van der Waals surface area contributed by atoms with E-state index >= 15 is 0 Å². The minimum atomic E-state index is 0.325. The van der Waals surface area contributed by atoms with Gasteiger partial charge in [0, 0.05) is 23.0 Å². The average Bonchev–Trinajstić information content (AvgIpc) is 3.74. The van der Waals surface area contributed by atoms with Gasteiger partial charge in [-0.15, -0.1) is 0 Å². The van der Waals surface area contributed by atoms with Gasteiger partial charge in [0.1, 0.15) is 0 Å². The fraction of sp³-hybridized carbons (Fsp3) is 0.154. The molecule has 1 heterocycles. The zero-order chi connectivity index (χ0) is 28.0. The van der Waals surface area contributed by atoms with Crippen LogP contribution in [0.3, 0.4) is 0 Å². The molecule has 0 saturated carbocycles. The molecule has 0 aliphatic heterocycles. The quantitative estimate of drug-likeness (QED) is 0.333. The summed E-state index contributed by atoms with van der Waals surface area (Å²) in [5.41, 5.74) is 14.1. The van der Waals surface area contributed by atoms with Crippen LogP contribution in [0.4, 0.5) is 0 Å². The van der Waals surface area contributed by atoms with Gasteiger partial charge >= 0.3 is 0 Å². The van der Waals surface area contributed by atoms with E-state index in [1.807, 2.05) is 30.3 Å². The number of nitrogens with zero attached hydrogens (tertiary/aromatic N) is 3. The standard InChI is InChI=1S/C39H29N3/c40-24-30-14-8-13-29-21-34-32-16-7-6-15-31(32)33(22-35(34)38(29)30)25-17-19-27(20-18-25)37-23-36(26-9-4-5-10-26)41-39(42-37)28-11-2-1-3-12-28/h1-4,6-17,19,22-23,31-32H,5,18,20-21H2. The minimum absolute atomic E-state index is 0.325. The molecule has 0 N–H and O–H groups in total.